The van der Waals surface area contributed by atoms with Gasteiger partial charge in [-0.2, -0.15) is 0 Å². The van der Waals surface area contributed by atoms with E-state index in [-0.39, 0.29) is 11.3 Å². The maximum absolute atomic E-state index is 13.9. The molecule has 0 saturated heterocycles. The van der Waals surface area contributed by atoms with E-state index in [2.05, 4.69) is 0 Å². The van der Waals surface area contributed by atoms with E-state index in [1.807, 2.05) is 6.92 Å². The van der Waals surface area contributed by atoms with Crippen molar-refractivity contribution in [2.24, 2.45) is 0 Å². The predicted molar refractivity (Wildman–Crippen MR) is 74.1 cm³/mol. The number of carbonyl (C=O) groups is 1. The van der Waals surface area contributed by atoms with Crippen molar-refractivity contribution >= 4 is 5.78 Å². The van der Waals surface area contributed by atoms with Crippen molar-refractivity contribution in [2.75, 3.05) is 14.2 Å². The van der Waals surface area contributed by atoms with E-state index in [9.17, 15) is 9.18 Å². The van der Waals surface area contributed by atoms with Gasteiger partial charge in [0.1, 0.15) is 22.9 Å². The number of methoxy groups -OCH3 is 2. The molecule has 0 unspecified atom stereocenters. The van der Waals surface area contributed by atoms with Crippen LogP contribution in [-0.4, -0.2) is 20.0 Å². The van der Waals surface area contributed by atoms with Gasteiger partial charge in [-0.1, -0.05) is 6.07 Å². The molecule has 20 heavy (non-hydrogen) atoms. The summed E-state index contributed by atoms with van der Waals surface area (Å²) in [5.74, 6) is -0.0981. The van der Waals surface area contributed by atoms with Crippen molar-refractivity contribution in [1.29, 1.82) is 0 Å². The fourth-order valence-corrected chi connectivity index (χ4v) is 2.06. The summed E-state index contributed by atoms with van der Waals surface area (Å²) >= 11 is 0. The number of aryl methyl sites for hydroxylation is 1. The van der Waals surface area contributed by atoms with Crippen LogP contribution in [-0.2, 0) is 0 Å². The fraction of sp³-hybridized carbons (Fsp3) is 0.188. The van der Waals surface area contributed by atoms with E-state index in [0.717, 1.165) is 5.56 Å². The second-order valence-corrected chi connectivity index (χ2v) is 4.33. The third-order valence-electron chi connectivity index (χ3n) is 3.08. The first-order chi connectivity index (χ1) is 9.58. The third kappa shape index (κ3) is 2.50. The van der Waals surface area contributed by atoms with Gasteiger partial charge in [-0.25, -0.2) is 4.39 Å². The van der Waals surface area contributed by atoms with Gasteiger partial charge in [0.05, 0.1) is 14.2 Å². The van der Waals surface area contributed by atoms with Crippen LogP contribution in [0.15, 0.2) is 36.4 Å². The molecule has 0 heterocycles. The van der Waals surface area contributed by atoms with Gasteiger partial charge in [-0.15, -0.1) is 0 Å². The van der Waals surface area contributed by atoms with Gasteiger partial charge < -0.3 is 9.47 Å². The molecule has 3 nitrogen and oxygen atoms in total. The highest BCUT2D eigenvalue weighted by atomic mass is 19.1. The number of hydrogen-bond acceptors (Lipinski definition) is 3. The maximum Gasteiger partial charge on any atom is 0.199 e. The zero-order valence-corrected chi connectivity index (χ0v) is 11.6. The van der Waals surface area contributed by atoms with E-state index in [0.29, 0.717) is 11.3 Å². The minimum absolute atomic E-state index is 0.0560. The van der Waals surface area contributed by atoms with Crippen LogP contribution in [0.4, 0.5) is 4.39 Å². The Hall–Kier alpha value is -2.36. The topological polar surface area (TPSA) is 35.5 Å². The predicted octanol–water partition coefficient (Wildman–Crippen LogP) is 3.38. The highest BCUT2D eigenvalue weighted by molar-refractivity contribution is 6.11. The van der Waals surface area contributed by atoms with Crippen molar-refractivity contribution in [3.05, 3.63) is 58.9 Å². The van der Waals surface area contributed by atoms with Gasteiger partial charge in [0.2, 0.25) is 0 Å². The molecular weight excluding hydrogens is 259 g/mol. The van der Waals surface area contributed by atoms with Gasteiger partial charge in [-0.05, 0) is 42.8 Å². The van der Waals surface area contributed by atoms with Crippen molar-refractivity contribution in [1.82, 2.24) is 0 Å². The summed E-state index contributed by atoms with van der Waals surface area (Å²) < 4.78 is 24.1. The summed E-state index contributed by atoms with van der Waals surface area (Å²) in [5.41, 5.74) is 1.15. The highest BCUT2D eigenvalue weighted by Gasteiger charge is 2.19. The van der Waals surface area contributed by atoms with Gasteiger partial charge in [0, 0.05) is 5.56 Å². The van der Waals surface area contributed by atoms with Crippen molar-refractivity contribution in [2.45, 2.75) is 6.92 Å². The SMILES string of the molecule is COc1ccc(C(=O)c2c(F)cccc2OC)cc1C. The number of rotatable bonds is 4. The zero-order chi connectivity index (χ0) is 14.7. The molecular formula is C16H15FO3. The summed E-state index contributed by atoms with van der Waals surface area (Å²) in [6.45, 7) is 1.83. The van der Waals surface area contributed by atoms with E-state index in [1.54, 1.807) is 31.4 Å². The number of benzene rings is 2. The Balaban J connectivity index is 2.49. The lowest BCUT2D eigenvalue weighted by Gasteiger charge is -2.10. The largest absolute Gasteiger partial charge is 0.496 e. The van der Waals surface area contributed by atoms with Crippen molar-refractivity contribution < 1.29 is 18.7 Å². The lowest BCUT2D eigenvalue weighted by atomic mass is 10.00. The third-order valence-corrected chi connectivity index (χ3v) is 3.08. The summed E-state index contributed by atoms with van der Waals surface area (Å²) in [6.07, 6.45) is 0. The Morgan fingerprint density at radius 1 is 1.05 bits per heavy atom. The number of ketones is 1. The smallest absolute Gasteiger partial charge is 0.199 e. The van der Waals surface area contributed by atoms with Crippen molar-refractivity contribution in [3.8, 4) is 11.5 Å². The summed E-state index contributed by atoms with van der Waals surface area (Å²) in [7, 11) is 2.97. The highest BCUT2D eigenvalue weighted by Crippen LogP contribution is 2.26. The molecule has 0 fully saturated rings. The van der Waals surface area contributed by atoms with E-state index in [4.69, 9.17) is 9.47 Å². The average molecular weight is 274 g/mol. The Morgan fingerprint density at radius 3 is 2.35 bits per heavy atom. The van der Waals surface area contributed by atoms with E-state index >= 15 is 0 Å². The average Bonchev–Trinajstić information content (AvgIpc) is 2.46. The second-order valence-electron chi connectivity index (χ2n) is 4.33. The molecule has 2 aromatic carbocycles. The zero-order valence-electron chi connectivity index (χ0n) is 11.6. The number of ether oxygens (including phenoxy) is 2. The fourth-order valence-electron chi connectivity index (χ4n) is 2.06. The number of hydrogen-bond donors (Lipinski definition) is 0. The Bertz CT molecular complexity index is 650. The van der Waals surface area contributed by atoms with Crippen LogP contribution in [0.2, 0.25) is 0 Å². The van der Waals surface area contributed by atoms with Gasteiger partial charge in [0.25, 0.3) is 0 Å². The summed E-state index contributed by atoms with van der Waals surface area (Å²) in [4.78, 5) is 12.4. The second kappa shape index (κ2) is 5.74. The molecule has 0 aliphatic carbocycles. The van der Waals surface area contributed by atoms with Crippen LogP contribution in [0, 0.1) is 12.7 Å². The number of carbonyl (C=O) groups excluding carboxylic acids is 1. The first-order valence-corrected chi connectivity index (χ1v) is 6.10. The molecule has 104 valence electrons. The van der Waals surface area contributed by atoms with Crippen LogP contribution < -0.4 is 9.47 Å². The van der Waals surface area contributed by atoms with Gasteiger partial charge in [0.15, 0.2) is 5.78 Å². The molecule has 0 N–H and O–H groups in total. The van der Waals surface area contributed by atoms with E-state index < -0.39 is 11.6 Å². The lowest BCUT2D eigenvalue weighted by Crippen LogP contribution is -2.07. The minimum atomic E-state index is -0.595. The van der Waals surface area contributed by atoms with Gasteiger partial charge >= 0.3 is 0 Å². The van der Waals surface area contributed by atoms with Crippen LogP contribution in [0.1, 0.15) is 21.5 Å². The van der Waals surface area contributed by atoms with Crippen molar-refractivity contribution in [3.63, 3.8) is 0 Å². The molecule has 0 amide bonds. The molecule has 0 bridgehead atoms. The minimum Gasteiger partial charge on any atom is -0.496 e. The molecule has 0 saturated carbocycles. The molecule has 0 aliphatic heterocycles. The molecule has 4 heteroatoms. The quantitative estimate of drug-likeness (QED) is 0.802. The summed E-state index contributed by atoms with van der Waals surface area (Å²) in [5, 5.41) is 0. The standard InChI is InChI=1S/C16H15FO3/c1-10-9-11(7-8-13(10)19-2)16(18)15-12(17)5-4-6-14(15)20-3/h4-9H,1-3H3. The normalized spacial score (nSPS) is 10.2. The van der Waals surface area contributed by atoms with Gasteiger partial charge in [-0.3, -0.25) is 4.79 Å². The number of halogens is 1. The first-order valence-electron chi connectivity index (χ1n) is 6.10. The molecule has 0 spiro atoms. The molecule has 0 aromatic heterocycles. The van der Waals surface area contributed by atoms with Crippen LogP contribution in [0.5, 0.6) is 11.5 Å². The Labute approximate surface area is 117 Å². The van der Waals surface area contributed by atoms with Crippen LogP contribution >= 0.6 is 0 Å². The van der Waals surface area contributed by atoms with Crippen LogP contribution in [0.25, 0.3) is 0 Å². The monoisotopic (exact) mass is 274 g/mol. The molecule has 0 radical (unpaired) electrons. The molecule has 0 atom stereocenters. The Kier molecular flexibility index (Phi) is 4.03. The first kappa shape index (κ1) is 14.1. The van der Waals surface area contributed by atoms with Crippen LogP contribution in [0.3, 0.4) is 0 Å². The Morgan fingerprint density at radius 2 is 1.75 bits per heavy atom. The summed E-state index contributed by atoms with van der Waals surface area (Å²) in [6, 6.07) is 9.28. The molecule has 2 rings (SSSR count). The molecule has 2 aromatic rings. The molecule has 0 aliphatic rings. The van der Waals surface area contributed by atoms with E-state index in [1.165, 1.54) is 19.2 Å². The maximum atomic E-state index is 13.9. The lowest BCUT2D eigenvalue weighted by molar-refractivity contribution is 0.103.